The van der Waals surface area contributed by atoms with Gasteiger partial charge in [-0.2, -0.15) is 9.65 Å². The Morgan fingerprint density at radius 3 is 2.57 bits per heavy atom. The highest BCUT2D eigenvalue weighted by Gasteiger charge is 2.21. The van der Waals surface area contributed by atoms with Crippen LogP contribution >= 0.6 is 0 Å². The van der Waals surface area contributed by atoms with Gasteiger partial charge in [-0.1, -0.05) is 6.07 Å². The molecule has 1 aromatic rings. The molecule has 2 nitrogen and oxygen atoms in total. The first-order chi connectivity index (χ1) is 10.1. The van der Waals surface area contributed by atoms with Crippen molar-refractivity contribution in [2.45, 2.75) is 38.4 Å². The van der Waals surface area contributed by atoms with Crippen molar-refractivity contribution in [2.75, 3.05) is 0 Å². The maximum atomic E-state index is 13.1. The minimum absolute atomic E-state index is 0.0351. The van der Waals surface area contributed by atoms with E-state index in [2.05, 4.69) is 0 Å². The summed E-state index contributed by atoms with van der Waals surface area (Å²) in [6, 6.07) is 5.19. The van der Waals surface area contributed by atoms with Gasteiger partial charge < -0.3 is 4.74 Å². The number of hydrogen-bond acceptors (Lipinski definition) is 2. The summed E-state index contributed by atoms with van der Waals surface area (Å²) < 4.78 is 44.4. The van der Waals surface area contributed by atoms with Gasteiger partial charge in [0.1, 0.15) is 6.07 Å². The van der Waals surface area contributed by atoms with E-state index in [0.29, 0.717) is 5.56 Å². The molecule has 0 saturated heterocycles. The van der Waals surface area contributed by atoms with Gasteiger partial charge in [-0.15, -0.1) is 0 Å². The Balaban J connectivity index is 1.79. The highest BCUT2D eigenvalue weighted by Crippen LogP contribution is 2.28. The summed E-state index contributed by atoms with van der Waals surface area (Å²) in [6.45, 7) is 0.231. The molecule has 1 aromatic carbocycles. The van der Waals surface area contributed by atoms with Gasteiger partial charge in [0.15, 0.2) is 17.5 Å². The standard InChI is InChI=1S/C16H16F3NO/c17-13(9-20)7-11-1-4-14(5-2-11)21-10-12-3-6-15(18)16(19)8-12/h3,6-8,11,14H,1-2,4-5,10H2/b13-7-. The van der Waals surface area contributed by atoms with E-state index in [1.807, 2.05) is 0 Å². The smallest absolute Gasteiger partial charge is 0.196 e. The van der Waals surface area contributed by atoms with Crippen molar-refractivity contribution in [1.29, 1.82) is 5.26 Å². The Morgan fingerprint density at radius 2 is 1.95 bits per heavy atom. The minimum atomic E-state index is -0.878. The van der Waals surface area contributed by atoms with Crippen molar-refractivity contribution in [3.05, 3.63) is 47.3 Å². The van der Waals surface area contributed by atoms with E-state index >= 15 is 0 Å². The van der Waals surface area contributed by atoms with E-state index < -0.39 is 17.5 Å². The van der Waals surface area contributed by atoms with Crippen LogP contribution in [0.3, 0.4) is 0 Å². The summed E-state index contributed by atoms with van der Waals surface area (Å²) in [5, 5.41) is 8.39. The number of benzene rings is 1. The van der Waals surface area contributed by atoms with Gasteiger partial charge in [0.25, 0.3) is 0 Å². The quantitative estimate of drug-likeness (QED) is 0.770. The van der Waals surface area contributed by atoms with Gasteiger partial charge in [-0.25, -0.2) is 8.78 Å². The first-order valence-corrected chi connectivity index (χ1v) is 6.91. The van der Waals surface area contributed by atoms with Gasteiger partial charge in [-0.3, -0.25) is 0 Å². The number of nitrogens with zero attached hydrogens (tertiary/aromatic N) is 1. The maximum Gasteiger partial charge on any atom is 0.196 e. The summed E-state index contributed by atoms with van der Waals surface area (Å²) in [7, 11) is 0. The van der Waals surface area contributed by atoms with E-state index in [9.17, 15) is 13.2 Å². The molecule has 0 bridgehead atoms. The molecule has 0 unspecified atom stereocenters. The van der Waals surface area contributed by atoms with Gasteiger partial charge >= 0.3 is 0 Å². The molecule has 0 aliphatic heterocycles. The monoisotopic (exact) mass is 295 g/mol. The normalized spacial score (nSPS) is 22.9. The summed E-state index contributed by atoms with van der Waals surface area (Å²) in [5.74, 6) is -2.41. The van der Waals surface area contributed by atoms with Crippen LogP contribution < -0.4 is 0 Å². The van der Waals surface area contributed by atoms with Crippen molar-refractivity contribution in [3.8, 4) is 6.07 Å². The molecule has 0 N–H and O–H groups in total. The summed E-state index contributed by atoms with van der Waals surface area (Å²) in [6.07, 6.45) is 4.46. The molecule has 0 spiro atoms. The SMILES string of the molecule is N#C/C(F)=C/C1CCC(OCc2ccc(F)c(F)c2)CC1. The second-order valence-electron chi connectivity index (χ2n) is 5.22. The molecule has 5 heteroatoms. The molecule has 0 radical (unpaired) electrons. The number of allylic oxidation sites excluding steroid dienone is 2. The highest BCUT2D eigenvalue weighted by atomic mass is 19.2. The zero-order chi connectivity index (χ0) is 15.2. The number of halogens is 3. The average molecular weight is 295 g/mol. The first kappa shape index (κ1) is 15.6. The number of rotatable bonds is 4. The van der Waals surface area contributed by atoms with Crippen LogP contribution in [-0.2, 0) is 11.3 Å². The Labute approximate surface area is 121 Å². The van der Waals surface area contributed by atoms with Crippen molar-refractivity contribution in [1.82, 2.24) is 0 Å². The maximum absolute atomic E-state index is 13.1. The average Bonchev–Trinajstić information content (AvgIpc) is 2.50. The Morgan fingerprint density at radius 1 is 1.24 bits per heavy atom. The van der Waals surface area contributed by atoms with E-state index in [4.69, 9.17) is 10.00 Å². The molecule has 0 aromatic heterocycles. The van der Waals surface area contributed by atoms with Gasteiger partial charge in [-0.05, 0) is 55.4 Å². The predicted molar refractivity (Wildman–Crippen MR) is 71.7 cm³/mol. The topological polar surface area (TPSA) is 33.0 Å². The van der Waals surface area contributed by atoms with Crippen LogP contribution in [0.4, 0.5) is 13.2 Å². The first-order valence-electron chi connectivity index (χ1n) is 6.91. The zero-order valence-electron chi connectivity index (χ0n) is 11.5. The summed E-state index contributed by atoms with van der Waals surface area (Å²) in [5.41, 5.74) is 0.589. The molecule has 1 aliphatic carbocycles. The van der Waals surface area contributed by atoms with Crippen LogP contribution in [-0.4, -0.2) is 6.10 Å². The van der Waals surface area contributed by atoms with Crippen LogP contribution in [0, 0.1) is 28.9 Å². The molecule has 112 valence electrons. The molecule has 0 heterocycles. The van der Waals surface area contributed by atoms with Crippen molar-refractivity contribution >= 4 is 0 Å². The van der Waals surface area contributed by atoms with E-state index in [0.717, 1.165) is 37.8 Å². The second-order valence-corrected chi connectivity index (χ2v) is 5.22. The van der Waals surface area contributed by atoms with Crippen LogP contribution in [0.25, 0.3) is 0 Å². The summed E-state index contributed by atoms with van der Waals surface area (Å²) in [4.78, 5) is 0. The molecule has 0 atom stereocenters. The Bertz CT molecular complexity index is 557. The largest absolute Gasteiger partial charge is 0.374 e. The second kappa shape index (κ2) is 7.28. The molecule has 1 aliphatic rings. The molecule has 1 saturated carbocycles. The fourth-order valence-electron chi connectivity index (χ4n) is 2.51. The lowest BCUT2D eigenvalue weighted by Crippen LogP contribution is -2.20. The molecule has 0 amide bonds. The van der Waals surface area contributed by atoms with E-state index in [1.54, 1.807) is 0 Å². The van der Waals surface area contributed by atoms with Crippen LogP contribution in [0.5, 0.6) is 0 Å². The molecular formula is C16H16F3NO. The lowest BCUT2D eigenvalue weighted by Gasteiger charge is -2.26. The Kier molecular flexibility index (Phi) is 5.40. The van der Waals surface area contributed by atoms with Crippen molar-refractivity contribution in [2.24, 2.45) is 5.92 Å². The van der Waals surface area contributed by atoms with E-state index in [-0.39, 0.29) is 18.6 Å². The molecule has 21 heavy (non-hydrogen) atoms. The third-order valence-electron chi connectivity index (χ3n) is 3.68. The van der Waals surface area contributed by atoms with E-state index in [1.165, 1.54) is 18.2 Å². The molecule has 1 fully saturated rings. The van der Waals surface area contributed by atoms with Gasteiger partial charge in [0.05, 0.1) is 12.7 Å². The number of nitriles is 1. The summed E-state index contributed by atoms with van der Waals surface area (Å²) >= 11 is 0. The van der Waals surface area contributed by atoms with Crippen LogP contribution in [0.1, 0.15) is 31.2 Å². The lowest BCUT2D eigenvalue weighted by atomic mass is 9.87. The Hall–Kier alpha value is -1.80. The van der Waals surface area contributed by atoms with Crippen LogP contribution in [0.15, 0.2) is 30.1 Å². The van der Waals surface area contributed by atoms with Gasteiger partial charge in [0, 0.05) is 0 Å². The number of hydrogen-bond donors (Lipinski definition) is 0. The number of ether oxygens (including phenoxy) is 1. The minimum Gasteiger partial charge on any atom is -0.374 e. The zero-order valence-corrected chi connectivity index (χ0v) is 11.5. The molecular weight excluding hydrogens is 279 g/mol. The molecule has 2 rings (SSSR count). The third-order valence-corrected chi connectivity index (χ3v) is 3.68. The highest BCUT2D eigenvalue weighted by molar-refractivity contribution is 5.17. The van der Waals surface area contributed by atoms with Crippen LogP contribution in [0.2, 0.25) is 0 Å². The van der Waals surface area contributed by atoms with Gasteiger partial charge in [0.2, 0.25) is 0 Å². The fourth-order valence-corrected chi connectivity index (χ4v) is 2.51. The van der Waals surface area contributed by atoms with Crippen molar-refractivity contribution < 1.29 is 17.9 Å². The van der Waals surface area contributed by atoms with Crippen molar-refractivity contribution in [3.63, 3.8) is 0 Å². The third kappa shape index (κ3) is 4.61. The lowest BCUT2D eigenvalue weighted by molar-refractivity contribution is 0.0108. The fraction of sp³-hybridized carbons (Fsp3) is 0.438. The predicted octanol–water partition coefficient (Wildman–Crippen LogP) is 4.42.